The van der Waals surface area contributed by atoms with Crippen LogP contribution in [0.15, 0.2) is 6.20 Å². The van der Waals surface area contributed by atoms with Crippen molar-refractivity contribution in [3.63, 3.8) is 0 Å². The standard InChI is InChI=1S/C11H13ClN4O2/c1-2-3-4-8(18-6-17)10-14-7-5-13-11(12)16-9(7)15-10/h5-6,8H,2-4H2,1H3,(H,13,14,15,16). The summed E-state index contributed by atoms with van der Waals surface area (Å²) in [5.41, 5.74) is 1.14. The third-order valence-corrected chi connectivity index (χ3v) is 2.76. The maximum atomic E-state index is 10.5. The van der Waals surface area contributed by atoms with Gasteiger partial charge in [0.25, 0.3) is 6.47 Å². The zero-order valence-electron chi connectivity index (χ0n) is 9.89. The van der Waals surface area contributed by atoms with Crippen molar-refractivity contribution in [1.29, 1.82) is 0 Å². The minimum Gasteiger partial charge on any atom is -0.456 e. The van der Waals surface area contributed by atoms with E-state index in [0.29, 0.717) is 23.5 Å². The van der Waals surface area contributed by atoms with E-state index in [1.54, 1.807) is 6.20 Å². The lowest BCUT2D eigenvalue weighted by Crippen LogP contribution is -2.05. The van der Waals surface area contributed by atoms with Crippen molar-refractivity contribution in [2.45, 2.75) is 32.3 Å². The van der Waals surface area contributed by atoms with E-state index in [4.69, 9.17) is 16.3 Å². The Kier molecular flexibility index (Phi) is 4.09. The molecule has 18 heavy (non-hydrogen) atoms. The Morgan fingerprint density at radius 2 is 2.39 bits per heavy atom. The van der Waals surface area contributed by atoms with Gasteiger partial charge in [-0.1, -0.05) is 13.3 Å². The number of nitrogens with one attached hydrogen (secondary N) is 1. The first-order valence-electron chi connectivity index (χ1n) is 5.72. The molecule has 0 aliphatic carbocycles. The monoisotopic (exact) mass is 268 g/mol. The van der Waals surface area contributed by atoms with E-state index in [-0.39, 0.29) is 11.4 Å². The number of ether oxygens (including phenoxy) is 1. The first-order chi connectivity index (χ1) is 8.74. The summed E-state index contributed by atoms with van der Waals surface area (Å²) in [6, 6.07) is 0. The lowest BCUT2D eigenvalue weighted by Gasteiger charge is -2.11. The Balaban J connectivity index is 2.28. The third-order valence-electron chi connectivity index (χ3n) is 2.57. The number of halogens is 1. The number of aromatic nitrogens is 4. The molecule has 2 aromatic heterocycles. The fourth-order valence-corrected chi connectivity index (χ4v) is 1.81. The number of imidazole rings is 1. The van der Waals surface area contributed by atoms with Gasteiger partial charge in [-0.25, -0.2) is 9.97 Å². The van der Waals surface area contributed by atoms with Gasteiger partial charge in [-0.15, -0.1) is 0 Å². The number of aromatic amines is 1. The second-order valence-corrected chi connectivity index (χ2v) is 4.20. The van der Waals surface area contributed by atoms with Crippen LogP contribution in [0.3, 0.4) is 0 Å². The average molecular weight is 269 g/mol. The molecule has 1 unspecified atom stereocenters. The van der Waals surface area contributed by atoms with E-state index in [2.05, 4.69) is 26.9 Å². The van der Waals surface area contributed by atoms with Gasteiger partial charge in [0.15, 0.2) is 17.6 Å². The van der Waals surface area contributed by atoms with Crippen LogP contribution in [-0.4, -0.2) is 26.4 Å². The molecule has 0 bridgehead atoms. The third kappa shape index (κ3) is 2.76. The highest BCUT2D eigenvalue weighted by atomic mass is 35.5. The quantitative estimate of drug-likeness (QED) is 0.643. The van der Waals surface area contributed by atoms with Gasteiger partial charge in [-0.2, -0.15) is 4.98 Å². The molecule has 0 saturated heterocycles. The van der Waals surface area contributed by atoms with E-state index < -0.39 is 0 Å². The highest BCUT2D eigenvalue weighted by Gasteiger charge is 2.17. The SMILES string of the molecule is CCCCC(OC=O)c1nc2nc(Cl)ncc2[nH]1. The summed E-state index contributed by atoms with van der Waals surface area (Å²) >= 11 is 5.69. The normalized spacial score (nSPS) is 12.6. The molecule has 96 valence electrons. The number of hydrogen-bond donors (Lipinski definition) is 1. The van der Waals surface area contributed by atoms with Gasteiger partial charge >= 0.3 is 0 Å². The summed E-state index contributed by atoms with van der Waals surface area (Å²) in [4.78, 5) is 25.7. The molecule has 0 amide bonds. The van der Waals surface area contributed by atoms with E-state index in [1.807, 2.05) is 0 Å². The van der Waals surface area contributed by atoms with Gasteiger partial charge in [0, 0.05) is 0 Å². The summed E-state index contributed by atoms with van der Waals surface area (Å²) in [5, 5.41) is 0.141. The molecule has 2 rings (SSSR count). The van der Waals surface area contributed by atoms with Crippen LogP contribution in [0.1, 0.15) is 38.1 Å². The molecule has 0 fully saturated rings. The molecule has 6 nitrogen and oxygen atoms in total. The zero-order valence-corrected chi connectivity index (χ0v) is 10.6. The Morgan fingerprint density at radius 3 is 3.11 bits per heavy atom. The van der Waals surface area contributed by atoms with Crippen LogP contribution in [0.4, 0.5) is 0 Å². The van der Waals surface area contributed by atoms with E-state index in [0.717, 1.165) is 19.3 Å². The van der Waals surface area contributed by atoms with Crippen molar-refractivity contribution in [3.8, 4) is 0 Å². The van der Waals surface area contributed by atoms with Crippen molar-refractivity contribution in [3.05, 3.63) is 17.3 Å². The maximum Gasteiger partial charge on any atom is 0.293 e. The van der Waals surface area contributed by atoms with Gasteiger partial charge in [-0.3, -0.25) is 4.79 Å². The van der Waals surface area contributed by atoms with Crippen molar-refractivity contribution in [2.75, 3.05) is 0 Å². The summed E-state index contributed by atoms with van der Waals surface area (Å²) in [7, 11) is 0. The largest absolute Gasteiger partial charge is 0.456 e. The van der Waals surface area contributed by atoms with E-state index in [1.165, 1.54) is 0 Å². The molecule has 0 aromatic carbocycles. The molecule has 0 aliphatic rings. The second kappa shape index (κ2) is 5.77. The summed E-state index contributed by atoms with van der Waals surface area (Å²) in [6.07, 6.45) is 3.86. The molecule has 0 saturated carbocycles. The highest BCUT2D eigenvalue weighted by Crippen LogP contribution is 2.22. The molecule has 0 radical (unpaired) electrons. The molecule has 0 spiro atoms. The van der Waals surface area contributed by atoms with Crippen LogP contribution in [0.5, 0.6) is 0 Å². The number of nitrogens with zero attached hydrogens (tertiary/aromatic N) is 3. The summed E-state index contributed by atoms with van der Waals surface area (Å²) in [6.45, 7) is 2.51. The topological polar surface area (TPSA) is 80.8 Å². The van der Waals surface area contributed by atoms with Crippen LogP contribution in [0, 0.1) is 0 Å². The number of unbranched alkanes of at least 4 members (excludes halogenated alkanes) is 1. The molecule has 2 aromatic rings. The zero-order chi connectivity index (χ0) is 13.0. The number of carbonyl (C=O) groups is 1. The Morgan fingerprint density at radius 1 is 1.56 bits per heavy atom. The van der Waals surface area contributed by atoms with E-state index in [9.17, 15) is 4.79 Å². The van der Waals surface area contributed by atoms with Gasteiger partial charge < -0.3 is 9.72 Å². The van der Waals surface area contributed by atoms with Gasteiger partial charge in [-0.05, 0) is 24.4 Å². The fourth-order valence-electron chi connectivity index (χ4n) is 1.68. The smallest absolute Gasteiger partial charge is 0.293 e. The lowest BCUT2D eigenvalue weighted by molar-refractivity contribution is -0.134. The van der Waals surface area contributed by atoms with Crippen LogP contribution >= 0.6 is 11.6 Å². The van der Waals surface area contributed by atoms with Crippen LogP contribution in [0.2, 0.25) is 5.28 Å². The number of H-pyrrole nitrogens is 1. The first kappa shape index (κ1) is 12.8. The number of fused-ring (bicyclic) bond motifs is 1. The Hall–Kier alpha value is -1.69. The summed E-state index contributed by atoms with van der Waals surface area (Å²) < 4.78 is 5.03. The molecular formula is C11H13ClN4O2. The Labute approximate surface area is 109 Å². The fraction of sp³-hybridized carbons (Fsp3) is 0.455. The molecule has 2 heterocycles. The minimum atomic E-state index is -0.379. The van der Waals surface area contributed by atoms with Crippen molar-refractivity contribution >= 4 is 29.2 Å². The lowest BCUT2D eigenvalue weighted by atomic mass is 10.1. The molecule has 7 heteroatoms. The number of carbonyl (C=O) groups excluding carboxylic acids is 1. The predicted octanol–water partition coefficient (Wildman–Crippen LogP) is 2.41. The van der Waals surface area contributed by atoms with E-state index >= 15 is 0 Å². The second-order valence-electron chi connectivity index (χ2n) is 3.86. The van der Waals surface area contributed by atoms with Crippen LogP contribution < -0.4 is 0 Å². The maximum absolute atomic E-state index is 10.5. The van der Waals surface area contributed by atoms with Crippen molar-refractivity contribution < 1.29 is 9.53 Å². The van der Waals surface area contributed by atoms with Gasteiger partial charge in [0.1, 0.15) is 5.52 Å². The van der Waals surface area contributed by atoms with Gasteiger partial charge in [0.2, 0.25) is 5.28 Å². The van der Waals surface area contributed by atoms with Gasteiger partial charge in [0.05, 0.1) is 6.20 Å². The highest BCUT2D eigenvalue weighted by molar-refractivity contribution is 6.28. The van der Waals surface area contributed by atoms with Crippen molar-refractivity contribution in [1.82, 2.24) is 19.9 Å². The average Bonchev–Trinajstić information content (AvgIpc) is 2.77. The Bertz CT molecular complexity index is 543. The number of rotatable bonds is 6. The molecule has 1 N–H and O–H groups in total. The predicted molar refractivity (Wildman–Crippen MR) is 66.1 cm³/mol. The minimum absolute atomic E-state index is 0.141. The summed E-state index contributed by atoms with van der Waals surface area (Å²) in [5.74, 6) is 0.571. The molecule has 0 aliphatic heterocycles. The first-order valence-corrected chi connectivity index (χ1v) is 6.09. The van der Waals surface area contributed by atoms with Crippen LogP contribution in [-0.2, 0) is 9.53 Å². The molecule has 1 atom stereocenters. The van der Waals surface area contributed by atoms with Crippen LogP contribution in [0.25, 0.3) is 11.2 Å². The molecular weight excluding hydrogens is 256 g/mol. The van der Waals surface area contributed by atoms with Crippen molar-refractivity contribution in [2.24, 2.45) is 0 Å². The number of hydrogen-bond acceptors (Lipinski definition) is 5.